The second kappa shape index (κ2) is 4.39. The summed E-state index contributed by atoms with van der Waals surface area (Å²) in [6.45, 7) is -2.37. The summed E-state index contributed by atoms with van der Waals surface area (Å²) < 4.78 is 24.2. The molecule has 4 aromatic carbocycles. The summed E-state index contributed by atoms with van der Waals surface area (Å²) in [6, 6.07) is 23.8. The lowest BCUT2D eigenvalue weighted by Gasteiger charge is -2.27. The molecular weight excluding hydrogens is 315 g/mol. The molecule has 5 heteroatoms. The Balaban J connectivity index is 1.48. The maximum Gasteiger partial charge on any atom is 0.777 e. The summed E-state index contributed by atoms with van der Waals surface area (Å²) >= 11 is 0. The van der Waals surface area contributed by atoms with Crippen molar-refractivity contribution in [1.29, 1.82) is 0 Å². The Hall–Kier alpha value is -3.34. The van der Waals surface area contributed by atoms with E-state index in [0.29, 0.717) is 23.0 Å². The lowest BCUT2D eigenvalue weighted by molar-refractivity contribution is 0.225. The molecule has 0 saturated heterocycles. The molecule has 0 fully saturated rings. The van der Waals surface area contributed by atoms with E-state index in [9.17, 15) is 0 Å². The molecule has 0 radical (unpaired) electrons. The van der Waals surface area contributed by atoms with Gasteiger partial charge in [0.1, 0.15) is 23.0 Å². The minimum absolute atomic E-state index is 0.635. The molecule has 0 aliphatic carbocycles. The van der Waals surface area contributed by atoms with Gasteiger partial charge in [-0.15, -0.1) is 0 Å². The van der Waals surface area contributed by atoms with E-state index in [1.165, 1.54) is 0 Å². The molecule has 120 valence electrons. The molecule has 0 bridgehead atoms. The van der Waals surface area contributed by atoms with Gasteiger partial charge in [0.05, 0.1) is 0 Å². The van der Waals surface area contributed by atoms with Crippen LogP contribution in [0, 0.1) is 0 Å². The molecule has 4 nitrogen and oxygen atoms in total. The number of hydrogen-bond acceptors (Lipinski definition) is 4. The fourth-order valence-corrected chi connectivity index (χ4v) is 3.62. The minimum atomic E-state index is -2.37. The quantitative estimate of drug-likeness (QED) is 0.440. The summed E-state index contributed by atoms with van der Waals surface area (Å²) in [4.78, 5) is 0. The second-order valence-corrected chi connectivity index (χ2v) is 6.28. The average molecular weight is 327 g/mol. The van der Waals surface area contributed by atoms with Crippen molar-refractivity contribution in [2.45, 2.75) is 0 Å². The summed E-state index contributed by atoms with van der Waals surface area (Å²) in [5.41, 5.74) is 0. The third-order valence-corrected chi connectivity index (χ3v) is 4.75. The third-order valence-electron chi connectivity index (χ3n) is 4.75. The van der Waals surface area contributed by atoms with Crippen molar-refractivity contribution in [1.82, 2.24) is 0 Å². The van der Waals surface area contributed by atoms with E-state index in [2.05, 4.69) is 0 Å². The Kier molecular flexibility index (Phi) is 2.28. The molecule has 0 N–H and O–H groups in total. The van der Waals surface area contributed by atoms with Crippen LogP contribution in [0.3, 0.4) is 0 Å². The molecule has 2 aliphatic rings. The van der Waals surface area contributed by atoms with E-state index in [4.69, 9.17) is 18.6 Å². The Morgan fingerprint density at radius 3 is 1.48 bits per heavy atom. The molecule has 0 unspecified atom stereocenters. The van der Waals surface area contributed by atoms with E-state index in [0.717, 1.165) is 21.5 Å². The standard InChI is InChI=1S/C20H12BO4/c1-3-7-15-13(5-1)9-11-17-19(15)24-21(22-17)23-18-12-10-14-6-2-4-8-16(14)20(18)25-21/h1-12H/q-1. The largest absolute Gasteiger partial charge is 0.777 e. The van der Waals surface area contributed by atoms with Crippen LogP contribution in [0.4, 0.5) is 0 Å². The Labute approximate surface area is 143 Å². The normalized spacial score (nSPS) is 16.0. The van der Waals surface area contributed by atoms with E-state index in [1.807, 2.05) is 72.8 Å². The van der Waals surface area contributed by atoms with Crippen LogP contribution in [0.5, 0.6) is 23.0 Å². The Bertz CT molecular complexity index is 1080. The van der Waals surface area contributed by atoms with Gasteiger partial charge < -0.3 is 18.6 Å². The summed E-state index contributed by atoms with van der Waals surface area (Å²) in [6.07, 6.45) is 0. The van der Waals surface area contributed by atoms with Crippen LogP contribution in [0.1, 0.15) is 0 Å². The number of hydrogen-bond donors (Lipinski definition) is 0. The topological polar surface area (TPSA) is 36.9 Å². The van der Waals surface area contributed by atoms with E-state index < -0.39 is 6.96 Å². The van der Waals surface area contributed by atoms with E-state index in [-0.39, 0.29) is 0 Å². The van der Waals surface area contributed by atoms with Gasteiger partial charge in [-0.1, -0.05) is 60.7 Å². The van der Waals surface area contributed by atoms with Gasteiger partial charge in [-0.05, 0) is 22.9 Å². The van der Waals surface area contributed by atoms with Crippen molar-refractivity contribution in [3.63, 3.8) is 0 Å². The van der Waals surface area contributed by atoms with Crippen LogP contribution < -0.4 is 18.6 Å². The van der Waals surface area contributed by atoms with Crippen molar-refractivity contribution in [2.75, 3.05) is 0 Å². The second-order valence-electron chi connectivity index (χ2n) is 6.28. The van der Waals surface area contributed by atoms with Crippen LogP contribution in [-0.4, -0.2) is 6.96 Å². The van der Waals surface area contributed by atoms with E-state index in [1.54, 1.807) is 0 Å². The maximum absolute atomic E-state index is 6.10. The van der Waals surface area contributed by atoms with Crippen LogP contribution in [0.25, 0.3) is 21.5 Å². The number of rotatable bonds is 0. The molecular formula is C20H12BO4-. The predicted molar refractivity (Wildman–Crippen MR) is 96.2 cm³/mol. The Morgan fingerprint density at radius 1 is 0.480 bits per heavy atom. The first-order valence-corrected chi connectivity index (χ1v) is 8.24. The average Bonchev–Trinajstić information content (AvgIpc) is 3.21. The van der Waals surface area contributed by atoms with Gasteiger partial charge in [0.25, 0.3) is 0 Å². The van der Waals surface area contributed by atoms with Crippen molar-refractivity contribution >= 4 is 28.5 Å². The highest BCUT2D eigenvalue weighted by molar-refractivity contribution is 6.59. The van der Waals surface area contributed by atoms with Crippen molar-refractivity contribution in [3.8, 4) is 23.0 Å². The summed E-state index contributed by atoms with van der Waals surface area (Å²) in [5, 5.41) is 4.12. The number of benzene rings is 4. The molecule has 0 atom stereocenters. The maximum atomic E-state index is 6.10. The molecule has 0 saturated carbocycles. The van der Waals surface area contributed by atoms with Crippen LogP contribution in [0.15, 0.2) is 72.8 Å². The smallest absolute Gasteiger partial charge is 0.609 e. The molecule has 6 rings (SSSR count). The van der Waals surface area contributed by atoms with Crippen LogP contribution >= 0.6 is 0 Å². The van der Waals surface area contributed by atoms with E-state index >= 15 is 0 Å². The van der Waals surface area contributed by atoms with Gasteiger partial charge in [0.15, 0.2) is 0 Å². The van der Waals surface area contributed by atoms with Crippen molar-refractivity contribution in [2.24, 2.45) is 0 Å². The zero-order valence-corrected chi connectivity index (χ0v) is 13.1. The Morgan fingerprint density at radius 2 is 0.960 bits per heavy atom. The van der Waals surface area contributed by atoms with Gasteiger partial charge in [0, 0.05) is 10.8 Å². The van der Waals surface area contributed by atoms with Gasteiger partial charge in [-0.2, -0.15) is 0 Å². The third kappa shape index (κ3) is 1.72. The zero-order valence-electron chi connectivity index (χ0n) is 13.1. The highest BCUT2D eigenvalue weighted by Gasteiger charge is 2.52. The minimum Gasteiger partial charge on any atom is -0.609 e. The van der Waals surface area contributed by atoms with Crippen LogP contribution in [0.2, 0.25) is 0 Å². The SMILES string of the molecule is c1ccc2c3c(ccc2c1)O[B-]1(Oc2ccc4ccccc4c2O1)O3. The van der Waals surface area contributed by atoms with Crippen molar-refractivity contribution < 1.29 is 18.6 Å². The molecule has 2 heterocycles. The first-order valence-electron chi connectivity index (χ1n) is 8.24. The van der Waals surface area contributed by atoms with Gasteiger partial charge >= 0.3 is 6.96 Å². The highest BCUT2D eigenvalue weighted by Crippen LogP contribution is 2.49. The van der Waals surface area contributed by atoms with Crippen molar-refractivity contribution in [3.05, 3.63) is 72.8 Å². The molecule has 0 amide bonds. The highest BCUT2D eigenvalue weighted by atomic mass is 16.9. The van der Waals surface area contributed by atoms with Gasteiger partial charge in [-0.3, -0.25) is 0 Å². The van der Waals surface area contributed by atoms with Crippen LogP contribution in [-0.2, 0) is 0 Å². The summed E-state index contributed by atoms with van der Waals surface area (Å²) in [5.74, 6) is 2.59. The van der Waals surface area contributed by atoms with Gasteiger partial charge in [-0.25, -0.2) is 0 Å². The molecule has 2 aliphatic heterocycles. The molecule has 0 aromatic heterocycles. The molecule has 25 heavy (non-hydrogen) atoms. The number of fused-ring (bicyclic) bond motifs is 6. The lowest BCUT2D eigenvalue weighted by Crippen LogP contribution is -2.54. The fraction of sp³-hybridized carbons (Fsp3) is 0. The lowest BCUT2D eigenvalue weighted by atomic mass is 10.1. The first-order chi connectivity index (χ1) is 12.3. The zero-order chi connectivity index (χ0) is 16.4. The molecule has 1 spiro atoms. The monoisotopic (exact) mass is 327 g/mol. The first kappa shape index (κ1) is 13.0. The summed E-state index contributed by atoms with van der Waals surface area (Å²) in [7, 11) is 0. The predicted octanol–water partition coefficient (Wildman–Crippen LogP) is 4.67. The molecule has 4 aromatic rings. The fourth-order valence-electron chi connectivity index (χ4n) is 3.62. The van der Waals surface area contributed by atoms with Gasteiger partial charge in [0.2, 0.25) is 0 Å².